The smallest absolute Gasteiger partial charge is 0.130 e. The van der Waals surface area contributed by atoms with Crippen LogP contribution in [-0.2, 0) is 0 Å². The average molecular weight is 244 g/mol. The first-order valence-corrected chi connectivity index (χ1v) is 5.33. The van der Waals surface area contributed by atoms with Crippen LogP contribution in [0.5, 0.6) is 0 Å². The molecule has 13 heavy (non-hydrogen) atoms. The van der Waals surface area contributed by atoms with Gasteiger partial charge in [-0.3, -0.25) is 0 Å². The molecule has 1 aromatic rings. The minimum absolute atomic E-state index is 0.820. The van der Waals surface area contributed by atoms with Crippen molar-refractivity contribution in [1.82, 2.24) is 9.97 Å². The lowest BCUT2D eigenvalue weighted by Gasteiger charge is -2.03. The zero-order chi connectivity index (χ0) is 9.52. The number of nitrogens with one attached hydrogen (secondary N) is 1. The van der Waals surface area contributed by atoms with Crippen LogP contribution in [-0.4, -0.2) is 16.5 Å². The summed E-state index contributed by atoms with van der Waals surface area (Å²) in [5.41, 5.74) is 0. The maximum absolute atomic E-state index is 4.08. The first kappa shape index (κ1) is 10.4. The van der Waals surface area contributed by atoms with Gasteiger partial charge in [0, 0.05) is 12.6 Å². The van der Waals surface area contributed by atoms with Crippen molar-refractivity contribution in [3.05, 3.63) is 17.0 Å². The molecule has 0 bridgehead atoms. The lowest BCUT2D eigenvalue weighted by atomic mass is 10.2. The van der Waals surface area contributed by atoms with Gasteiger partial charge in [0.15, 0.2) is 0 Å². The van der Waals surface area contributed by atoms with Crippen molar-refractivity contribution in [1.29, 1.82) is 0 Å². The number of unbranched alkanes of at least 4 members (excludes halogenated alkanes) is 2. The van der Waals surface area contributed by atoms with E-state index in [1.54, 1.807) is 6.33 Å². The van der Waals surface area contributed by atoms with Crippen LogP contribution in [0.1, 0.15) is 26.2 Å². The molecule has 0 fully saturated rings. The molecule has 0 unspecified atom stereocenters. The summed E-state index contributed by atoms with van der Waals surface area (Å²) in [5.74, 6) is 0.887. The third-order valence-electron chi connectivity index (χ3n) is 1.72. The highest BCUT2D eigenvalue weighted by molar-refractivity contribution is 9.10. The van der Waals surface area contributed by atoms with Gasteiger partial charge in [-0.1, -0.05) is 19.8 Å². The maximum atomic E-state index is 4.08. The van der Waals surface area contributed by atoms with Crippen molar-refractivity contribution in [2.24, 2.45) is 0 Å². The van der Waals surface area contributed by atoms with Crippen LogP contribution in [0.25, 0.3) is 0 Å². The predicted molar refractivity (Wildman–Crippen MR) is 57.7 cm³/mol. The number of nitrogens with zero attached hydrogens (tertiary/aromatic N) is 2. The monoisotopic (exact) mass is 243 g/mol. The van der Waals surface area contributed by atoms with Gasteiger partial charge in [0.1, 0.15) is 16.7 Å². The van der Waals surface area contributed by atoms with E-state index in [0.717, 1.165) is 17.0 Å². The van der Waals surface area contributed by atoms with E-state index in [1.165, 1.54) is 19.3 Å². The molecule has 1 heterocycles. The molecule has 0 aliphatic heterocycles. The van der Waals surface area contributed by atoms with E-state index in [9.17, 15) is 0 Å². The Morgan fingerprint density at radius 1 is 1.38 bits per heavy atom. The van der Waals surface area contributed by atoms with Gasteiger partial charge in [0.05, 0.1) is 0 Å². The van der Waals surface area contributed by atoms with E-state index in [2.05, 4.69) is 38.1 Å². The summed E-state index contributed by atoms with van der Waals surface area (Å²) in [6.07, 6.45) is 5.25. The molecule has 1 rings (SSSR count). The standard InChI is InChI=1S/C9H14BrN3/c1-2-3-4-5-11-9-6-8(10)12-7-13-9/h6-7H,2-5H2,1H3,(H,11,12,13). The Kier molecular flexibility index (Phi) is 4.75. The molecular weight excluding hydrogens is 230 g/mol. The van der Waals surface area contributed by atoms with Crippen LogP contribution >= 0.6 is 15.9 Å². The summed E-state index contributed by atoms with van der Waals surface area (Å²) in [4.78, 5) is 8.03. The topological polar surface area (TPSA) is 37.8 Å². The fourth-order valence-electron chi connectivity index (χ4n) is 1.02. The highest BCUT2D eigenvalue weighted by atomic mass is 79.9. The lowest BCUT2D eigenvalue weighted by molar-refractivity contribution is 0.742. The van der Waals surface area contributed by atoms with Gasteiger partial charge in [-0.05, 0) is 22.4 Å². The summed E-state index contributed by atoms with van der Waals surface area (Å²) in [6.45, 7) is 3.18. The van der Waals surface area contributed by atoms with E-state index in [4.69, 9.17) is 0 Å². The summed E-state index contributed by atoms with van der Waals surface area (Å²) in [6, 6.07) is 1.88. The van der Waals surface area contributed by atoms with E-state index in [0.29, 0.717) is 0 Å². The van der Waals surface area contributed by atoms with Gasteiger partial charge in [-0.2, -0.15) is 0 Å². The Morgan fingerprint density at radius 2 is 2.23 bits per heavy atom. The second-order valence-corrected chi connectivity index (χ2v) is 3.67. The highest BCUT2D eigenvalue weighted by Gasteiger charge is 1.94. The van der Waals surface area contributed by atoms with Crippen LogP contribution < -0.4 is 5.32 Å². The van der Waals surface area contributed by atoms with E-state index >= 15 is 0 Å². The largest absolute Gasteiger partial charge is 0.370 e. The normalized spacial score (nSPS) is 10.0. The summed E-state index contributed by atoms with van der Waals surface area (Å²) < 4.78 is 0.820. The van der Waals surface area contributed by atoms with Crippen molar-refractivity contribution in [2.75, 3.05) is 11.9 Å². The Morgan fingerprint density at radius 3 is 2.92 bits per heavy atom. The minimum Gasteiger partial charge on any atom is -0.370 e. The van der Waals surface area contributed by atoms with Gasteiger partial charge in [0.2, 0.25) is 0 Å². The van der Waals surface area contributed by atoms with E-state index in [-0.39, 0.29) is 0 Å². The third kappa shape index (κ3) is 4.22. The molecule has 0 saturated heterocycles. The van der Waals surface area contributed by atoms with Crippen LogP contribution in [0.2, 0.25) is 0 Å². The molecular formula is C9H14BrN3. The molecule has 0 aliphatic carbocycles. The van der Waals surface area contributed by atoms with Gasteiger partial charge in [0.25, 0.3) is 0 Å². The molecule has 4 heteroatoms. The zero-order valence-corrected chi connectivity index (χ0v) is 9.34. The van der Waals surface area contributed by atoms with Gasteiger partial charge in [-0.15, -0.1) is 0 Å². The Balaban J connectivity index is 2.28. The van der Waals surface area contributed by atoms with Gasteiger partial charge >= 0.3 is 0 Å². The molecule has 72 valence electrons. The number of halogens is 1. The maximum Gasteiger partial charge on any atom is 0.130 e. The molecule has 0 aromatic carbocycles. The molecule has 1 aromatic heterocycles. The van der Waals surface area contributed by atoms with Crippen molar-refractivity contribution in [3.8, 4) is 0 Å². The molecule has 0 radical (unpaired) electrons. The fourth-order valence-corrected chi connectivity index (χ4v) is 1.33. The number of hydrogen-bond acceptors (Lipinski definition) is 3. The molecule has 0 aliphatic rings. The Bertz CT molecular complexity index is 252. The highest BCUT2D eigenvalue weighted by Crippen LogP contribution is 2.09. The molecule has 1 N–H and O–H groups in total. The van der Waals surface area contributed by atoms with E-state index in [1.807, 2.05) is 6.07 Å². The third-order valence-corrected chi connectivity index (χ3v) is 2.15. The van der Waals surface area contributed by atoms with Gasteiger partial charge in [-0.25, -0.2) is 9.97 Å². The van der Waals surface area contributed by atoms with E-state index < -0.39 is 0 Å². The van der Waals surface area contributed by atoms with Crippen molar-refractivity contribution in [3.63, 3.8) is 0 Å². The fraction of sp³-hybridized carbons (Fsp3) is 0.556. The number of hydrogen-bond donors (Lipinski definition) is 1. The predicted octanol–water partition coefficient (Wildman–Crippen LogP) is 2.84. The number of rotatable bonds is 5. The first-order valence-electron chi connectivity index (χ1n) is 4.54. The molecule has 0 amide bonds. The molecule has 0 atom stereocenters. The van der Waals surface area contributed by atoms with Crippen LogP contribution in [0.15, 0.2) is 17.0 Å². The lowest BCUT2D eigenvalue weighted by Crippen LogP contribution is -2.03. The summed E-state index contributed by atoms with van der Waals surface area (Å²) in [5, 5.41) is 3.24. The Labute approximate surface area is 87.1 Å². The van der Waals surface area contributed by atoms with Crippen LogP contribution in [0.3, 0.4) is 0 Å². The second-order valence-electron chi connectivity index (χ2n) is 2.86. The van der Waals surface area contributed by atoms with Gasteiger partial charge < -0.3 is 5.32 Å². The minimum atomic E-state index is 0.820. The Hall–Kier alpha value is -0.640. The number of aromatic nitrogens is 2. The molecule has 0 saturated carbocycles. The second kappa shape index (κ2) is 5.91. The van der Waals surface area contributed by atoms with Crippen molar-refractivity contribution in [2.45, 2.75) is 26.2 Å². The average Bonchev–Trinajstić information content (AvgIpc) is 2.13. The van der Waals surface area contributed by atoms with Crippen LogP contribution in [0, 0.1) is 0 Å². The van der Waals surface area contributed by atoms with Crippen LogP contribution in [0.4, 0.5) is 5.82 Å². The van der Waals surface area contributed by atoms with Crippen molar-refractivity contribution < 1.29 is 0 Å². The summed E-state index contributed by atoms with van der Waals surface area (Å²) in [7, 11) is 0. The first-order chi connectivity index (χ1) is 6.33. The molecule has 0 spiro atoms. The number of anilines is 1. The molecule has 3 nitrogen and oxygen atoms in total. The SMILES string of the molecule is CCCCCNc1cc(Br)ncn1. The van der Waals surface area contributed by atoms with Crippen molar-refractivity contribution >= 4 is 21.7 Å². The quantitative estimate of drug-likeness (QED) is 0.639. The zero-order valence-electron chi connectivity index (χ0n) is 7.76. The summed E-state index contributed by atoms with van der Waals surface area (Å²) >= 11 is 3.29.